The van der Waals surface area contributed by atoms with Crippen molar-refractivity contribution >= 4 is 16.8 Å². The number of aliphatic hydroxyl groups is 1. The zero-order chi connectivity index (χ0) is 27.3. The van der Waals surface area contributed by atoms with Crippen LogP contribution >= 0.6 is 0 Å². The van der Waals surface area contributed by atoms with Crippen molar-refractivity contribution in [3.63, 3.8) is 0 Å². The lowest BCUT2D eigenvalue weighted by molar-refractivity contribution is 0.0995. The molecule has 0 saturated heterocycles. The Morgan fingerprint density at radius 1 is 1.10 bits per heavy atom. The largest absolute Gasteiger partial charge is 0.386 e. The first-order valence-corrected chi connectivity index (χ1v) is 13.4. The normalized spacial score (nSPS) is 14.3. The molecule has 1 fully saturated rings. The second-order valence-electron chi connectivity index (χ2n) is 10.7. The Morgan fingerprint density at radius 3 is 2.56 bits per heavy atom. The predicted molar refractivity (Wildman–Crippen MR) is 151 cm³/mol. The molecule has 0 radical (unpaired) electrons. The molecule has 3 aromatic heterocycles. The van der Waals surface area contributed by atoms with Crippen molar-refractivity contribution in [3.8, 4) is 16.9 Å². The van der Waals surface area contributed by atoms with Crippen LogP contribution in [-0.4, -0.2) is 35.6 Å². The molecule has 1 atom stereocenters. The van der Waals surface area contributed by atoms with Crippen LogP contribution in [-0.2, 0) is 6.54 Å². The third kappa shape index (κ3) is 4.61. The molecular weight excluding hydrogens is 488 g/mol. The van der Waals surface area contributed by atoms with E-state index in [9.17, 15) is 9.90 Å². The third-order valence-electron chi connectivity index (χ3n) is 7.55. The molecule has 8 nitrogen and oxygen atoms in total. The van der Waals surface area contributed by atoms with Gasteiger partial charge in [-0.3, -0.25) is 9.48 Å². The highest BCUT2D eigenvalue weighted by molar-refractivity contribution is 5.94. The number of primary amides is 1. The number of aromatic nitrogens is 5. The van der Waals surface area contributed by atoms with Crippen molar-refractivity contribution in [3.05, 3.63) is 95.1 Å². The summed E-state index contributed by atoms with van der Waals surface area (Å²) in [5.41, 5.74) is 13.6. The van der Waals surface area contributed by atoms with E-state index >= 15 is 0 Å². The minimum absolute atomic E-state index is 0.223. The summed E-state index contributed by atoms with van der Waals surface area (Å²) in [6.45, 7) is 6.79. The first-order valence-electron chi connectivity index (χ1n) is 13.4. The fraction of sp³-hybridized carbons (Fsp3) is 0.290. The van der Waals surface area contributed by atoms with Gasteiger partial charge in [-0.1, -0.05) is 56.3 Å². The first kappa shape index (κ1) is 25.0. The van der Waals surface area contributed by atoms with Gasteiger partial charge in [0.1, 0.15) is 5.69 Å². The van der Waals surface area contributed by atoms with Gasteiger partial charge in [0.05, 0.1) is 35.7 Å². The lowest BCUT2D eigenvalue weighted by atomic mass is 9.95. The summed E-state index contributed by atoms with van der Waals surface area (Å²) >= 11 is 0. The number of hydrogen-bond acceptors (Lipinski definition) is 5. The summed E-state index contributed by atoms with van der Waals surface area (Å²) in [6, 6.07) is 17.5. The van der Waals surface area contributed by atoms with Crippen molar-refractivity contribution in [2.45, 2.75) is 58.1 Å². The van der Waals surface area contributed by atoms with Gasteiger partial charge in [-0.25, -0.2) is 9.67 Å². The summed E-state index contributed by atoms with van der Waals surface area (Å²) in [5.74, 6) is 0.0832. The van der Waals surface area contributed by atoms with Gasteiger partial charge in [0.2, 0.25) is 0 Å². The minimum atomic E-state index is -0.659. The number of fused-ring (bicyclic) bond motifs is 1. The average Bonchev–Trinajstić information content (AvgIpc) is 3.60. The zero-order valence-corrected chi connectivity index (χ0v) is 22.4. The Kier molecular flexibility index (Phi) is 6.27. The highest BCUT2D eigenvalue weighted by Gasteiger charge is 2.30. The van der Waals surface area contributed by atoms with Crippen LogP contribution < -0.4 is 5.73 Å². The molecule has 1 amide bonds. The molecule has 3 heterocycles. The molecule has 1 saturated carbocycles. The number of benzene rings is 2. The maximum atomic E-state index is 11.8. The SMILES string of the molecule is Cc1c(C(C)C)c(-c2cccc3nn(C[C@H](O)c4ccccc4)cc23)nn1-c1cnc(C(N)=O)cc1C1CC1. The van der Waals surface area contributed by atoms with E-state index in [0.29, 0.717) is 12.5 Å². The molecule has 0 aliphatic heterocycles. The number of nitrogens with two attached hydrogens (primary N) is 1. The molecular formula is C31H32N6O2. The number of hydrogen-bond donors (Lipinski definition) is 2. The summed E-state index contributed by atoms with van der Waals surface area (Å²) in [4.78, 5) is 16.2. The third-order valence-corrected chi connectivity index (χ3v) is 7.55. The van der Waals surface area contributed by atoms with E-state index in [4.69, 9.17) is 15.9 Å². The molecule has 198 valence electrons. The first-order chi connectivity index (χ1) is 18.8. The van der Waals surface area contributed by atoms with E-state index in [-0.39, 0.29) is 11.6 Å². The second kappa shape index (κ2) is 9.78. The van der Waals surface area contributed by atoms with Gasteiger partial charge in [-0.05, 0) is 54.9 Å². The van der Waals surface area contributed by atoms with Gasteiger partial charge in [-0.2, -0.15) is 10.2 Å². The zero-order valence-electron chi connectivity index (χ0n) is 22.4. The van der Waals surface area contributed by atoms with Gasteiger partial charge < -0.3 is 10.8 Å². The number of amides is 1. The summed E-state index contributed by atoms with van der Waals surface area (Å²) in [7, 11) is 0. The van der Waals surface area contributed by atoms with E-state index in [1.807, 2.05) is 64.1 Å². The van der Waals surface area contributed by atoms with Crippen LogP contribution in [0.1, 0.15) is 77.5 Å². The minimum Gasteiger partial charge on any atom is -0.386 e. The molecule has 1 aliphatic carbocycles. The molecule has 6 rings (SSSR count). The van der Waals surface area contributed by atoms with Gasteiger partial charge in [-0.15, -0.1) is 0 Å². The van der Waals surface area contributed by atoms with E-state index in [0.717, 1.165) is 63.1 Å². The number of aliphatic hydroxyl groups excluding tert-OH is 1. The average molecular weight is 521 g/mol. The maximum Gasteiger partial charge on any atom is 0.267 e. The number of nitrogens with zero attached hydrogens (tertiary/aromatic N) is 5. The number of pyridine rings is 1. The van der Waals surface area contributed by atoms with Crippen LogP contribution in [0.15, 0.2) is 67.0 Å². The molecule has 0 unspecified atom stereocenters. The van der Waals surface area contributed by atoms with E-state index in [1.165, 1.54) is 0 Å². The summed E-state index contributed by atoms with van der Waals surface area (Å²) in [6.07, 6.45) is 5.21. The standard InChI is InChI=1S/C31H32N6O2/c1-18(2)29-19(3)37(27-15-33-26(31(32)39)14-23(27)20-12-13-20)35-30(29)22-10-7-11-25-24(22)16-36(34-25)17-28(38)21-8-5-4-6-9-21/h4-11,14-16,18,20,28,38H,12-13,17H2,1-3H3,(H2,32,39)/t28-/m0/s1. The fourth-order valence-electron chi connectivity index (χ4n) is 5.49. The Bertz CT molecular complexity index is 1680. The van der Waals surface area contributed by atoms with Crippen LogP contribution in [0, 0.1) is 6.92 Å². The second-order valence-corrected chi connectivity index (χ2v) is 10.7. The topological polar surface area (TPSA) is 112 Å². The number of rotatable bonds is 8. The van der Waals surface area contributed by atoms with Crippen molar-refractivity contribution < 1.29 is 9.90 Å². The molecule has 0 spiro atoms. The lowest BCUT2D eigenvalue weighted by Crippen LogP contribution is -2.15. The Labute approximate surface area is 227 Å². The number of carbonyl (C=O) groups is 1. The summed E-state index contributed by atoms with van der Waals surface area (Å²) < 4.78 is 3.78. The van der Waals surface area contributed by atoms with Crippen LogP contribution in [0.3, 0.4) is 0 Å². The molecule has 0 bridgehead atoms. The van der Waals surface area contributed by atoms with Crippen LogP contribution in [0.25, 0.3) is 27.8 Å². The van der Waals surface area contributed by atoms with Crippen molar-refractivity contribution in [2.75, 3.05) is 0 Å². The number of carbonyl (C=O) groups excluding carboxylic acids is 1. The van der Waals surface area contributed by atoms with E-state index < -0.39 is 12.0 Å². The van der Waals surface area contributed by atoms with E-state index in [1.54, 1.807) is 6.20 Å². The Balaban J connectivity index is 1.45. The molecule has 39 heavy (non-hydrogen) atoms. The summed E-state index contributed by atoms with van der Waals surface area (Å²) in [5, 5.41) is 21.7. The van der Waals surface area contributed by atoms with Crippen molar-refractivity contribution in [1.29, 1.82) is 0 Å². The molecule has 1 aliphatic rings. The molecule has 3 N–H and O–H groups in total. The van der Waals surface area contributed by atoms with E-state index in [2.05, 4.69) is 31.8 Å². The van der Waals surface area contributed by atoms with Crippen molar-refractivity contribution in [1.82, 2.24) is 24.5 Å². The maximum absolute atomic E-state index is 11.8. The quantitative estimate of drug-likeness (QED) is 0.284. The van der Waals surface area contributed by atoms with Crippen LogP contribution in [0.2, 0.25) is 0 Å². The molecule has 8 heteroatoms. The van der Waals surface area contributed by atoms with Gasteiger partial charge in [0.15, 0.2) is 0 Å². The monoisotopic (exact) mass is 520 g/mol. The van der Waals surface area contributed by atoms with Crippen molar-refractivity contribution in [2.24, 2.45) is 5.73 Å². The van der Waals surface area contributed by atoms with Gasteiger partial charge in [0, 0.05) is 28.4 Å². The van der Waals surface area contributed by atoms with Crippen LogP contribution in [0.5, 0.6) is 0 Å². The predicted octanol–water partition coefficient (Wildman–Crippen LogP) is 5.43. The Hall–Kier alpha value is -4.30. The molecule has 5 aromatic rings. The fourth-order valence-corrected chi connectivity index (χ4v) is 5.49. The highest BCUT2D eigenvalue weighted by atomic mass is 16.3. The smallest absolute Gasteiger partial charge is 0.267 e. The van der Waals surface area contributed by atoms with Crippen LogP contribution in [0.4, 0.5) is 0 Å². The van der Waals surface area contributed by atoms with Gasteiger partial charge >= 0.3 is 0 Å². The van der Waals surface area contributed by atoms with Gasteiger partial charge in [0.25, 0.3) is 5.91 Å². The molecule has 2 aromatic carbocycles. The lowest BCUT2D eigenvalue weighted by Gasteiger charge is -2.12. The Morgan fingerprint density at radius 2 is 1.87 bits per heavy atom. The highest BCUT2D eigenvalue weighted by Crippen LogP contribution is 2.44.